The van der Waals surface area contributed by atoms with Crippen LogP contribution >= 0.6 is 0 Å². The summed E-state index contributed by atoms with van der Waals surface area (Å²) in [6.07, 6.45) is 1.60. The van der Waals surface area contributed by atoms with Gasteiger partial charge in [0, 0.05) is 67.0 Å². The van der Waals surface area contributed by atoms with Crippen molar-refractivity contribution in [1.82, 2.24) is 19.6 Å². The van der Waals surface area contributed by atoms with Crippen LogP contribution in [0.5, 0.6) is 0 Å². The highest BCUT2D eigenvalue weighted by atomic mass is 32.2. The number of aryl methyl sites for hydroxylation is 1. The second kappa shape index (κ2) is 14.4. The molecule has 252 valence electrons. The Bertz CT molecular complexity index is 1870. The number of nitrogens with one attached hydrogen (secondary N) is 3. The second-order valence-corrected chi connectivity index (χ2v) is 14.4. The first-order chi connectivity index (χ1) is 22.8. The molecule has 12 nitrogen and oxygen atoms in total. The fourth-order valence-corrected chi connectivity index (χ4v) is 6.76. The number of aliphatic carboxylic acids is 1. The molecule has 1 aliphatic rings. The molecule has 5 rings (SSSR count). The quantitative estimate of drug-likeness (QED) is 0.160. The number of carbonyl (C=O) groups excluding carboxylic acids is 1. The van der Waals surface area contributed by atoms with Crippen LogP contribution in [-0.4, -0.2) is 72.0 Å². The molecule has 48 heavy (non-hydrogen) atoms. The first-order valence-corrected chi connectivity index (χ1v) is 17.2. The van der Waals surface area contributed by atoms with Gasteiger partial charge in [-0.1, -0.05) is 30.3 Å². The molecule has 3 aromatic carbocycles. The van der Waals surface area contributed by atoms with E-state index in [2.05, 4.69) is 54.5 Å². The number of aromatic nitrogens is 2. The molecule has 13 heteroatoms. The Morgan fingerprint density at radius 3 is 2.12 bits per heavy atom. The first-order valence-electron chi connectivity index (χ1n) is 15.7. The molecule has 0 unspecified atom stereocenters. The third-order valence-corrected chi connectivity index (χ3v) is 9.47. The molecule has 1 amide bonds. The molecule has 1 fully saturated rings. The maximum absolute atomic E-state index is 12.8. The molecule has 0 radical (unpaired) electrons. The van der Waals surface area contributed by atoms with Crippen molar-refractivity contribution in [3.63, 3.8) is 0 Å². The van der Waals surface area contributed by atoms with Crippen LogP contribution in [0.1, 0.15) is 39.2 Å². The minimum atomic E-state index is -3.69. The molecule has 0 aliphatic carbocycles. The largest absolute Gasteiger partial charge is 0.481 e. The number of carboxylic acids is 1. The van der Waals surface area contributed by atoms with Crippen molar-refractivity contribution in [3.8, 4) is 11.1 Å². The Labute approximate surface area is 281 Å². The van der Waals surface area contributed by atoms with Crippen LogP contribution in [0.4, 0.5) is 28.8 Å². The van der Waals surface area contributed by atoms with Crippen molar-refractivity contribution < 1.29 is 23.1 Å². The monoisotopic (exact) mass is 671 g/mol. The zero-order chi connectivity index (χ0) is 34.5. The van der Waals surface area contributed by atoms with Crippen LogP contribution in [-0.2, 0) is 19.6 Å². The van der Waals surface area contributed by atoms with E-state index in [0.717, 1.165) is 28.1 Å². The van der Waals surface area contributed by atoms with Gasteiger partial charge in [-0.3, -0.25) is 9.59 Å². The average Bonchev–Trinajstić information content (AvgIpc) is 3.05. The van der Waals surface area contributed by atoms with E-state index in [9.17, 15) is 18.0 Å². The van der Waals surface area contributed by atoms with E-state index in [1.165, 1.54) is 0 Å². The molecule has 4 N–H and O–H groups in total. The summed E-state index contributed by atoms with van der Waals surface area (Å²) in [5.41, 5.74) is 4.76. The number of piperazine rings is 1. The Hall–Kier alpha value is -5.01. The summed E-state index contributed by atoms with van der Waals surface area (Å²) in [6.45, 7) is 9.80. The molecular formula is C35H41N7O5S. The number of carbonyl (C=O) groups is 2. The summed E-state index contributed by atoms with van der Waals surface area (Å²) < 4.78 is 28.3. The van der Waals surface area contributed by atoms with E-state index < -0.39 is 21.5 Å². The smallest absolute Gasteiger partial charge is 0.303 e. The van der Waals surface area contributed by atoms with E-state index >= 15 is 0 Å². The van der Waals surface area contributed by atoms with Crippen LogP contribution in [0, 0.1) is 6.92 Å². The zero-order valence-corrected chi connectivity index (χ0v) is 28.3. The lowest BCUT2D eigenvalue weighted by Crippen LogP contribution is -2.48. The topological polar surface area (TPSA) is 157 Å². The summed E-state index contributed by atoms with van der Waals surface area (Å²) in [5, 5.41) is 15.3. The van der Waals surface area contributed by atoms with Gasteiger partial charge in [0.2, 0.25) is 21.9 Å². The maximum atomic E-state index is 12.8. The summed E-state index contributed by atoms with van der Waals surface area (Å²) >= 11 is 0. The van der Waals surface area contributed by atoms with Crippen LogP contribution in [0.15, 0.2) is 83.9 Å². The number of benzene rings is 3. The van der Waals surface area contributed by atoms with Gasteiger partial charge in [-0.2, -0.15) is 4.98 Å². The SMILES string of the molecule is Cc1cnc(Nc2ccc(-c3ccc(N4CCN(C(=O)CCC(=O)O)CC4)cc3)cc2)nc1Nc1cccc(S(=O)(=O)NC(C)(C)C)c1. The highest BCUT2D eigenvalue weighted by Gasteiger charge is 2.23. The summed E-state index contributed by atoms with van der Waals surface area (Å²) in [5.74, 6) is -0.126. The highest BCUT2D eigenvalue weighted by Crippen LogP contribution is 2.27. The van der Waals surface area contributed by atoms with Gasteiger partial charge in [0.15, 0.2) is 0 Å². The minimum Gasteiger partial charge on any atom is -0.481 e. The van der Waals surface area contributed by atoms with Crippen LogP contribution in [0.2, 0.25) is 0 Å². The first kappa shape index (κ1) is 34.3. The fourth-order valence-electron chi connectivity index (χ4n) is 5.29. The number of carboxylic acid groups (broad SMARTS) is 1. The number of hydrogen-bond acceptors (Lipinski definition) is 9. The summed E-state index contributed by atoms with van der Waals surface area (Å²) in [7, 11) is -3.69. The van der Waals surface area contributed by atoms with Crippen LogP contribution in [0.3, 0.4) is 0 Å². The standard InChI is InChI=1S/C35H41N7O5S/c1-24-23-36-34(39-33(24)37-28-6-5-7-30(22-28)48(46,47)40-35(2,3)4)38-27-12-8-25(9-13-27)26-10-14-29(15-11-26)41-18-20-42(21-19-41)31(43)16-17-32(44)45/h5-15,22-23,40H,16-21H2,1-4H3,(H,44,45)(H2,36,37,38,39). The zero-order valence-electron chi connectivity index (χ0n) is 27.5. The minimum absolute atomic E-state index is 0.0376. The molecule has 0 bridgehead atoms. The van der Waals surface area contributed by atoms with Crippen molar-refractivity contribution in [3.05, 3.63) is 84.6 Å². The number of sulfonamides is 1. The number of anilines is 5. The molecule has 0 saturated carbocycles. The van der Waals surface area contributed by atoms with Gasteiger partial charge < -0.3 is 25.5 Å². The number of rotatable bonds is 11. The molecule has 0 spiro atoms. The lowest BCUT2D eigenvalue weighted by molar-refractivity contribution is -0.141. The van der Waals surface area contributed by atoms with Gasteiger partial charge in [0.1, 0.15) is 5.82 Å². The van der Waals surface area contributed by atoms with Gasteiger partial charge in [0.05, 0.1) is 11.3 Å². The number of hydrogen-bond donors (Lipinski definition) is 4. The van der Waals surface area contributed by atoms with Gasteiger partial charge in [-0.15, -0.1) is 0 Å². The molecule has 4 aromatic rings. The predicted octanol–water partition coefficient (Wildman–Crippen LogP) is 5.53. The second-order valence-electron chi connectivity index (χ2n) is 12.7. The predicted molar refractivity (Wildman–Crippen MR) is 187 cm³/mol. The maximum Gasteiger partial charge on any atom is 0.303 e. The van der Waals surface area contributed by atoms with Gasteiger partial charge in [0.25, 0.3) is 0 Å². The van der Waals surface area contributed by atoms with Crippen molar-refractivity contribution >= 4 is 50.7 Å². The van der Waals surface area contributed by atoms with Crippen molar-refractivity contribution in [2.75, 3.05) is 41.7 Å². The van der Waals surface area contributed by atoms with E-state index in [-0.39, 0.29) is 23.6 Å². The molecular weight excluding hydrogens is 630 g/mol. The average molecular weight is 672 g/mol. The lowest BCUT2D eigenvalue weighted by Gasteiger charge is -2.36. The molecule has 1 saturated heterocycles. The van der Waals surface area contributed by atoms with Crippen molar-refractivity contribution in [2.24, 2.45) is 0 Å². The van der Waals surface area contributed by atoms with Crippen LogP contribution < -0.4 is 20.3 Å². The van der Waals surface area contributed by atoms with Gasteiger partial charge in [-0.25, -0.2) is 18.1 Å². The third kappa shape index (κ3) is 9.07. The summed E-state index contributed by atoms with van der Waals surface area (Å²) in [4.78, 5) is 36.2. The van der Waals surface area contributed by atoms with Crippen LogP contribution in [0.25, 0.3) is 11.1 Å². The highest BCUT2D eigenvalue weighted by molar-refractivity contribution is 7.89. The van der Waals surface area contributed by atoms with E-state index in [1.807, 2.05) is 31.2 Å². The molecule has 1 aliphatic heterocycles. The molecule has 2 heterocycles. The van der Waals surface area contributed by atoms with Gasteiger partial charge in [-0.05, 0) is 81.3 Å². The number of amides is 1. The molecule has 0 atom stereocenters. The Kier molecular flexibility index (Phi) is 10.3. The third-order valence-electron chi connectivity index (χ3n) is 7.71. The lowest BCUT2D eigenvalue weighted by atomic mass is 10.0. The van der Waals surface area contributed by atoms with E-state index in [4.69, 9.17) is 5.11 Å². The van der Waals surface area contributed by atoms with E-state index in [1.54, 1.807) is 56.1 Å². The molecule has 1 aromatic heterocycles. The Balaban J connectivity index is 1.19. The normalized spacial score (nSPS) is 13.7. The van der Waals surface area contributed by atoms with Crippen molar-refractivity contribution in [1.29, 1.82) is 0 Å². The number of nitrogens with zero attached hydrogens (tertiary/aromatic N) is 4. The van der Waals surface area contributed by atoms with Crippen molar-refractivity contribution in [2.45, 2.75) is 51.0 Å². The Morgan fingerprint density at radius 2 is 1.50 bits per heavy atom. The fraction of sp³-hybridized carbons (Fsp3) is 0.314. The Morgan fingerprint density at radius 1 is 0.854 bits per heavy atom. The van der Waals surface area contributed by atoms with E-state index in [0.29, 0.717) is 43.6 Å². The summed E-state index contributed by atoms with van der Waals surface area (Å²) in [6, 6.07) is 22.8. The van der Waals surface area contributed by atoms with Gasteiger partial charge >= 0.3 is 5.97 Å².